The number of sulfonamides is 1. The van der Waals surface area contributed by atoms with Crippen molar-refractivity contribution in [3.63, 3.8) is 0 Å². The lowest BCUT2D eigenvalue weighted by atomic mass is 10.2. The fourth-order valence-corrected chi connectivity index (χ4v) is 4.98. The van der Waals surface area contributed by atoms with E-state index in [1.54, 1.807) is 13.0 Å². The standard InChI is InChI=1S/C10H13NO5S2/c1-6-2-3-9(17-6)18(15,16)11-5-7(12)4-8(11)10(13)14/h2-3,7-8,12H,4-5H2,1H3,(H,13,14)/t7?,8-/m1/s1. The number of aliphatic carboxylic acids is 1. The van der Waals surface area contributed by atoms with Gasteiger partial charge in [0, 0.05) is 17.8 Å². The second-order valence-corrected chi connectivity index (χ2v) is 7.59. The summed E-state index contributed by atoms with van der Waals surface area (Å²) >= 11 is 1.09. The SMILES string of the molecule is Cc1ccc(S(=O)(=O)N2CC(O)C[C@@H]2C(=O)O)s1. The predicted octanol–water partition coefficient (Wildman–Crippen LogP) is 0.265. The van der Waals surface area contributed by atoms with Crippen molar-refractivity contribution in [1.29, 1.82) is 0 Å². The quantitative estimate of drug-likeness (QED) is 0.833. The summed E-state index contributed by atoms with van der Waals surface area (Å²) in [5.74, 6) is -1.23. The molecule has 0 amide bonds. The second kappa shape index (κ2) is 4.61. The Balaban J connectivity index is 2.38. The van der Waals surface area contributed by atoms with Gasteiger partial charge in [-0.2, -0.15) is 4.31 Å². The summed E-state index contributed by atoms with van der Waals surface area (Å²) in [6.07, 6.45) is -0.999. The van der Waals surface area contributed by atoms with E-state index in [0.717, 1.165) is 20.5 Å². The summed E-state index contributed by atoms with van der Waals surface area (Å²) in [4.78, 5) is 11.9. The molecule has 1 aliphatic rings. The molecule has 1 saturated heterocycles. The van der Waals surface area contributed by atoms with E-state index in [4.69, 9.17) is 5.11 Å². The van der Waals surface area contributed by atoms with E-state index in [2.05, 4.69) is 0 Å². The van der Waals surface area contributed by atoms with Crippen molar-refractivity contribution in [3.05, 3.63) is 17.0 Å². The zero-order chi connectivity index (χ0) is 13.5. The number of aliphatic hydroxyl groups is 1. The van der Waals surface area contributed by atoms with Crippen LogP contribution in [0.4, 0.5) is 0 Å². The zero-order valence-corrected chi connectivity index (χ0v) is 11.2. The van der Waals surface area contributed by atoms with Crippen molar-refractivity contribution < 1.29 is 23.4 Å². The smallest absolute Gasteiger partial charge is 0.322 e. The summed E-state index contributed by atoms with van der Waals surface area (Å²) in [7, 11) is -3.83. The molecule has 18 heavy (non-hydrogen) atoms. The molecule has 0 aliphatic carbocycles. The van der Waals surface area contributed by atoms with Gasteiger partial charge in [-0.25, -0.2) is 8.42 Å². The number of thiophene rings is 1. The van der Waals surface area contributed by atoms with Crippen LogP contribution in [0.3, 0.4) is 0 Å². The second-order valence-electron chi connectivity index (χ2n) is 4.18. The van der Waals surface area contributed by atoms with Crippen LogP contribution in [0.15, 0.2) is 16.3 Å². The number of carboxylic acid groups (broad SMARTS) is 1. The Morgan fingerprint density at radius 2 is 2.17 bits per heavy atom. The van der Waals surface area contributed by atoms with Gasteiger partial charge in [0.05, 0.1) is 6.10 Å². The van der Waals surface area contributed by atoms with E-state index in [1.165, 1.54) is 6.07 Å². The molecule has 6 nitrogen and oxygen atoms in total. The highest BCUT2D eigenvalue weighted by Crippen LogP contribution is 2.30. The molecule has 0 bridgehead atoms. The first-order chi connectivity index (χ1) is 8.32. The minimum Gasteiger partial charge on any atom is -0.480 e. The highest BCUT2D eigenvalue weighted by atomic mass is 32.2. The summed E-state index contributed by atoms with van der Waals surface area (Å²) < 4.78 is 25.5. The minimum absolute atomic E-state index is 0.0705. The molecule has 8 heteroatoms. The highest BCUT2D eigenvalue weighted by molar-refractivity contribution is 7.91. The average molecular weight is 291 g/mol. The molecule has 2 atom stereocenters. The van der Waals surface area contributed by atoms with Crippen LogP contribution in [-0.4, -0.2) is 47.6 Å². The normalized spacial score (nSPS) is 25.4. The molecule has 1 aliphatic heterocycles. The molecule has 0 saturated carbocycles. The van der Waals surface area contributed by atoms with Crippen molar-refractivity contribution >= 4 is 27.3 Å². The van der Waals surface area contributed by atoms with Crippen LogP contribution in [0.5, 0.6) is 0 Å². The molecule has 0 radical (unpaired) electrons. The summed E-state index contributed by atoms with van der Waals surface area (Å²) in [5, 5.41) is 18.5. The topological polar surface area (TPSA) is 94.9 Å². The van der Waals surface area contributed by atoms with Crippen LogP contribution in [0.2, 0.25) is 0 Å². The molecule has 2 N–H and O–H groups in total. The summed E-state index contributed by atoms with van der Waals surface area (Å²) in [6, 6.07) is 1.94. The van der Waals surface area contributed by atoms with Gasteiger partial charge in [-0.05, 0) is 19.1 Å². The third-order valence-corrected chi connectivity index (χ3v) is 6.14. The Bertz CT molecular complexity index is 565. The first-order valence-corrected chi connectivity index (χ1v) is 7.57. The van der Waals surface area contributed by atoms with Gasteiger partial charge < -0.3 is 10.2 Å². The maximum atomic E-state index is 12.3. The fourth-order valence-electron chi connectivity index (χ4n) is 1.94. The van der Waals surface area contributed by atoms with Crippen molar-refractivity contribution in [2.75, 3.05) is 6.54 Å². The Labute approximate surface area is 109 Å². The van der Waals surface area contributed by atoms with Crippen LogP contribution in [-0.2, 0) is 14.8 Å². The van der Waals surface area contributed by atoms with E-state index in [0.29, 0.717) is 0 Å². The number of hydrogen-bond acceptors (Lipinski definition) is 5. The summed E-state index contributed by atoms with van der Waals surface area (Å²) in [5.41, 5.74) is 0. The molecule has 1 aromatic rings. The van der Waals surface area contributed by atoms with Gasteiger partial charge in [0.15, 0.2) is 0 Å². The molecule has 100 valence electrons. The van der Waals surface area contributed by atoms with Gasteiger partial charge in [-0.3, -0.25) is 4.79 Å². The van der Waals surface area contributed by atoms with Gasteiger partial charge in [0.25, 0.3) is 10.0 Å². The van der Waals surface area contributed by atoms with Gasteiger partial charge in [0.2, 0.25) is 0 Å². The van der Waals surface area contributed by atoms with E-state index in [1.807, 2.05) is 0 Å². The lowest BCUT2D eigenvalue weighted by Gasteiger charge is -2.19. The number of aryl methyl sites for hydroxylation is 1. The average Bonchev–Trinajstić information content (AvgIpc) is 2.84. The van der Waals surface area contributed by atoms with Crippen LogP contribution in [0.1, 0.15) is 11.3 Å². The number of rotatable bonds is 3. The van der Waals surface area contributed by atoms with Gasteiger partial charge in [0.1, 0.15) is 10.3 Å². The number of nitrogens with zero attached hydrogens (tertiary/aromatic N) is 1. The lowest BCUT2D eigenvalue weighted by Crippen LogP contribution is -2.40. The number of hydrogen-bond donors (Lipinski definition) is 2. The molecule has 0 aromatic carbocycles. The largest absolute Gasteiger partial charge is 0.480 e. The van der Waals surface area contributed by atoms with Gasteiger partial charge >= 0.3 is 5.97 Å². The molecular formula is C10H13NO5S2. The summed E-state index contributed by atoms with van der Waals surface area (Å²) in [6.45, 7) is 1.60. The van der Waals surface area contributed by atoms with Crippen molar-refractivity contribution in [2.24, 2.45) is 0 Å². The Morgan fingerprint density at radius 3 is 2.67 bits per heavy atom. The van der Waals surface area contributed by atoms with Gasteiger partial charge in [-0.1, -0.05) is 0 Å². The van der Waals surface area contributed by atoms with E-state index >= 15 is 0 Å². The van der Waals surface area contributed by atoms with Crippen LogP contribution < -0.4 is 0 Å². The molecular weight excluding hydrogens is 278 g/mol. The predicted molar refractivity (Wildman–Crippen MR) is 65.0 cm³/mol. The van der Waals surface area contributed by atoms with Crippen LogP contribution in [0.25, 0.3) is 0 Å². The maximum Gasteiger partial charge on any atom is 0.322 e. The van der Waals surface area contributed by atoms with E-state index in [9.17, 15) is 18.3 Å². The number of aliphatic hydroxyl groups excluding tert-OH is 1. The molecule has 1 fully saturated rings. The molecule has 2 rings (SSSR count). The van der Waals surface area contributed by atoms with Crippen molar-refractivity contribution in [1.82, 2.24) is 4.31 Å². The van der Waals surface area contributed by atoms with Crippen molar-refractivity contribution in [3.8, 4) is 0 Å². The Hall–Kier alpha value is -0.960. The number of carboxylic acids is 1. The molecule has 0 spiro atoms. The van der Waals surface area contributed by atoms with Crippen LogP contribution >= 0.6 is 11.3 Å². The Kier molecular flexibility index (Phi) is 3.45. The third-order valence-electron chi connectivity index (χ3n) is 2.80. The third kappa shape index (κ3) is 2.28. The van der Waals surface area contributed by atoms with E-state index < -0.39 is 28.1 Å². The fraction of sp³-hybridized carbons (Fsp3) is 0.500. The first kappa shape index (κ1) is 13.5. The van der Waals surface area contributed by atoms with Crippen LogP contribution in [0, 0.1) is 6.92 Å². The number of β-amino-alcohol motifs (C(OH)–C–C–N with tert-alkyl or cyclic N) is 1. The highest BCUT2D eigenvalue weighted by Gasteiger charge is 2.43. The minimum atomic E-state index is -3.83. The van der Waals surface area contributed by atoms with E-state index in [-0.39, 0.29) is 17.2 Å². The Morgan fingerprint density at radius 1 is 1.50 bits per heavy atom. The number of carbonyl (C=O) groups is 1. The van der Waals surface area contributed by atoms with Crippen molar-refractivity contribution in [2.45, 2.75) is 29.7 Å². The first-order valence-electron chi connectivity index (χ1n) is 5.31. The molecule has 1 aromatic heterocycles. The lowest BCUT2D eigenvalue weighted by molar-refractivity contribution is -0.140. The molecule has 1 unspecified atom stereocenters. The zero-order valence-electron chi connectivity index (χ0n) is 9.61. The van der Waals surface area contributed by atoms with Gasteiger partial charge in [-0.15, -0.1) is 11.3 Å². The monoisotopic (exact) mass is 291 g/mol. The molecule has 2 heterocycles. The maximum absolute atomic E-state index is 12.3.